The Bertz CT molecular complexity index is 462. The number of carboxylic acids is 1. The SMILES string of the molecule is CCC(Cc1cccc(Br)c1)C(=O)N(C)CC(=O)O. The molecule has 1 aromatic carbocycles. The molecule has 0 saturated carbocycles. The third-order valence-electron chi connectivity index (χ3n) is 2.96. The molecular formula is C14H18BrNO3. The molecule has 0 aromatic heterocycles. The van der Waals surface area contributed by atoms with E-state index < -0.39 is 5.97 Å². The van der Waals surface area contributed by atoms with Crippen LogP contribution in [0.3, 0.4) is 0 Å². The van der Waals surface area contributed by atoms with E-state index in [2.05, 4.69) is 15.9 Å². The van der Waals surface area contributed by atoms with Gasteiger partial charge >= 0.3 is 5.97 Å². The molecule has 0 saturated heterocycles. The third-order valence-corrected chi connectivity index (χ3v) is 3.46. The lowest BCUT2D eigenvalue weighted by molar-refractivity contribution is -0.145. The molecule has 1 amide bonds. The van der Waals surface area contributed by atoms with Crippen LogP contribution in [0.1, 0.15) is 18.9 Å². The highest BCUT2D eigenvalue weighted by atomic mass is 79.9. The number of carbonyl (C=O) groups excluding carboxylic acids is 1. The van der Waals surface area contributed by atoms with Crippen LogP contribution in [-0.2, 0) is 16.0 Å². The minimum absolute atomic E-state index is 0.120. The predicted molar refractivity (Wildman–Crippen MR) is 76.9 cm³/mol. The van der Waals surface area contributed by atoms with Gasteiger partial charge in [-0.2, -0.15) is 0 Å². The van der Waals surface area contributed by atoms with Crippen molar-refractivity contribution in [1.29, 1.82) is 0 Å². The summed E-state index contributed by atoms with van der Waals surface area (Å²) in [5.74, 6) is -1.29. The van der Waals surface area contributed by atoms with Gasteiger partial charge in [-0.25, -0.2) is 0 Å². The second kappa shape index (κ2) is 7.28. The number of nitrogens with zero attached hydrogens (tertiary/aromatic N) is 1. The molecule has 0 aliphatic rings. The summed E-state index contributed by atoms with van der Waals surface area (Å²) in [5.41, 5.74) is 1.07. The lowest BCUT2D eigenvalue weighted by atomic mass is 9.95. The molecule has 1 N–H and O–H groups in total. The first-order valence-corrected chi connectivity index (χ1v) is 6.94. The van der Waals surface area contributed by atoms with E-state index in [-0.39, 0.29) is 18.4 Å². The number of carboxylic acid groups (broad SMARTS) is 1. The Hall–Kier alpha value is -1.36. The van der Waals surface area contributed by atoms with E-state index in [0.29, 0.717) is 12.8 Å². The van der Waals surface area contributed by atoms with Crippen LogP contribution in [-0.4, -0.2) is 35.5 Å². The van der Waals surface area contributed by atoms with Crippen LogP contribution < -0.4 is 0 Å². The number of hydrogen-bond acceptors (Lipinski definition) is 2. The molecule has 0 radical (unpaired) electrons. The highest BCUT2D eigenvalue weighted by molar-refractivity contribution is 9.10. The van der Waals surface area contributed by atoms with E-state index in [1.807, 2.05) is 31.2 Å². The van der Waals surface area contributed by atoms with E-state index in [9.17, 15) is 9.59 Å². The fourth-order valence-electron chi connectivity index (χ4n) is 1.95. The summed E-state index contributed by atoms with van der Waals surface area (Å²) >= 11 is 3.40. The summed E-state index contributed by atoms with van der Waals surface area (Å²) in [7, 11) is 1.53. The second-order valence-electron chi connectivity index (χ2n) is 4.53. The quantitative estimate of drug-likeness (QED) is 0.873. The highest BCUT2D eigenvalue weighted by Crippen LogP contribution is 2.18. The Morgan fingerprint density at radius 1 is 1.42 bits per heavy atom. The maximum atomic E-state index is 12.1. The van der Waals surface area contributed by atoms with Gasteiger partial charge in [-0.15, -0.1) is 0 Å². The lowest BCUT2D eigenvalue weighted by Gasteiger charge is -2.21. The Balaban J connectivity index is 2.72. The third kappa shape index (κ3) is 5.03. The Kier molecular flexibility index (Phi) is 6.02. The molecule has 1 aromatic rings. The van der Waals surface area contributed by atoms with Crippen LogP contribution in [0.15, 0.2) is 28.7 Å². The van der Waals surface area contributed by atoms with Crippen molar-refractivity contribution in [1.82, 2.24) is 4.90 Å². The van der Waals surface area contributed by atoms with Gasteiger partial charge in [-0.05, 0) is 30.5 Å². The highest BCUT2D eigenvalue weighted by Gasteiger charge is 2.22. The van der Waals surface area contributed by atoms with Crippen LogP contribution in [0.4, 0.5) is 0 Å². The van der Waals surface area contributed by atoms with Crippen molar-refractivity contribution >= 4 is 27.8 Å². The molecule has 0 aliphatic carbocycles. The van der Waals surface area contributed by atoms with Gasteiger partial charge in [0.2, 0.25) is 5.91 Å². The standard InChI is InChI=1S/C14H18BrNO3/c1-3-11(14(19)16(2)9-13(17)18)7-10-5-4-6-12(15)8-10/h4-6,8,11H,3,7,9H2,1-2H3,(H,17,18). The molecule has 0 spiro atoms. The largest absolute Gasteiger partial charge is 0.480 e. The minimum Gasteiger partial charge on any atom is -0.480 e. The number of hydrogen-bond donors (Lipinski definition) is 1. The Labute approximate surface area is 121 Å². The zero-order valence-electron chi connectivity index (χ0n) is 11.1. The van der Waals surface area contributed by atoms with Gasteiger partial charge in [0, 0.05) is 17.4 Å². The molecule has 1 atom stereocenters. The Morgan fingerprint density at radius 2 is 2.11 bits per heavy atom. The maximum absolute atomic E-state index is 12.1. The summed E-state index contributed by atoms with van der Waals surface area (Å²) in [6.07, 6.45) is 1.31. The van der Waals surface area contributed by atoms with Crippen LogP contribution in [0.5, 0.6) is 0 Å². The number of carbonyl (C=O) groups is 2. The van der Waals surface area contributed by atoms with Crippen molar-refractivity contribution in [2.45, 2.75) is 19.8 Å². The summed E-state index contributed by atoms with van der Waals surface area (Å²) in [6, 6.07) is 7.81. The normalized spacial score (nSPS) is 11.9. The number of amides is 1. The van der Waals surface area contributed by atoms with Crippen LogP contribution >= 0.6 is 15.9 Å². The van der Waals surface area contributed by atoms with Crippen LogP contribution in [0.25, 0.3) is 0 Å². The van der Waals surface area contributed by atoms with Gasteiger partial charge in [0.15, 0.2) is 0 Å². The van der Waals surface area contributed by atoms with Crippen LogP contribution in [0.2, 0.25) is 0 Å². The van der Waals surface area contributed by atoms with Gasteiger partial charge in [0.05, 0.1) is 0 Å². The van der Waals surface area contributed by atoms with E-state index >= 15 is 0 Å². The average Bonchev–Trinajstić information content (AvgIpc) is 2.34. The van der Waals surface area contributed by atoms with E-state index in [1.165, 1.54) is 11.9 Å². The topological polar surface area (TPSA) is 57.6 Å². The van der Waals surface area contributed by atoms with E-state index in [1.54, 1.807) is 0 Å². The molecular weight excluding hydrogens is 310 g/mol. The molecule has 0 aliphatic heterocycles. The van der Waals surface area contributed by atoms with Gasteiger partial charge in [0.1, 0.15) is 6.54 Å². The molecule has 1 rings (SSSR count). The van der Waals surface area contributed by atoms with Gasteiger partial charge in [-0.1, -0.05) is 35.0 Å². The lowest BCUT2D eigenvalue weighted by Crippen LogP contribution is -2.37. The molecule has 104 valence electrons. The van der Waals surface area contributed by atoms with Crippen molar-refractivity contribution in [3.8, 4) is 0 Å². The van der Waals surface area contributed by atoms with E-state index in [0.717, 1.165) is 10.0 Å². The summed E-state index contributed by atoms with van der Waals surface area (Å²) in [4.78, 5) is 24.1. The Morgan fingerprint density at radius 3 is 2.63 bits per heavy atom. The molecule has 4 nitrogen and oxygen atoms in total. The number of rotatable bonds is 6. The summed E-state index contributed by atoms with van der Waals surface area (Å²) in [5, 5.41) is 8.71. The fraction of sp³-hybridized carbons (Fsp3) is 0.429. The average molecular weight is 328 g/mol. The van der Waals surface area contributed by atoms with Crippen molar-refractivity contribution in [2.75, 3.05) is 13.6 Å². The zero-order valence-corrected chi connectivity index (χ0v) is 12.7. The number of benzene rings is 1. The molecule has 1 unspecified atom stereocenters. The van der Waals surface area contributed by atoms with E-state index in [4.69, 9.17) is 5.11 Å². The van der Waals surface area contributed by atoms with Crippen molar-refractivity contribution in [3.05, 3.63) is 34.3 Å². The first-order chi connectivity index (χ1) is 8.93. The van der Waals surface area contributed by atoms with Crippen molar-refractivity contribution < 1.29 is 14.7 Å². The van der Waals surface area contributed by atoms with Gasteiger partial charge in [-0.3, -0.25) is 9.59 Å². The van der Waals surface area contributed by atoms with Crippen molar-refractivity contribution in [3.63, 3.8) is 0 Å². The number of aliphatic carboxylic acids is 1. The molecule has 0 fully saturated rings. The van der Waals surface area contributed by atoms with Gasteiger partial charge in [0.25, 0.3) is 0 Å². The molecule has 5 heteroatoms. The predicted octanol–water partition coefficient (Wildman–Crippen LogP) is 2.56. The first-order valence-electron chi connectivity index (χ1n) is 6.15. The summed E-state index contributed by atoms with van der Waals surface area (Å²) < 4.78 is 0.978. The number of halogens is 1. The maximum Gasteiger partial charge on any atom is 0.323 e. The monoisotopic (exact) mass is 327 g/mol. The first kappa shape index (κ1) is 15.7. The molecule has 19 heavy (non-hydrogen) atoms. The smallest absolute Gasteiger partial charge is 0.323 e. The van der Waals surface area contributed by atoms with Crippen LogP contribution in [0, 0.1) is 5.92 Å². The number of likely N-dealkylation sites (N-methyl/N-ethyl adjacent to an activating group) is 1. The second-order valence-corrected chi connectivity index (χ2v) is 5.44. The van der Waals surface area contributed by atoms with Gasteiger partial charge < -0.3 is 10.0 Å². The summed E-state index contributed by atoms with van der Waals surface area (Å²) in [6.45, 7) is 1.68. The van der Waals surface area contributed by atoms with Crippen molar-refractivity contribution in [2.24, 2.45) is 5.92 Å². The minimum atomic E-state index is -0.992. The molecule has 0 heterocycles. The molecule has 0 bridgehead atoms. The zero-order chi connectivity index (χ0) is 14.4. The fourth-order valence-corrected chi connectivity index (χ4v) is 2.39.